The third-order valence-corrected chi connectivity index (χ3v) is 4.45. The number of carbonyl (C=O) groups excluding carboxylic acids is 1. The van der Waals surface area contributed by atoms with Crippen LogP contribution in [0.2, 0.25) is 0 Å². The molecule has 0 radical (unpaired) electrons. The average molecular weight is 324 g/mol. The fourth-order valence-corrected chi connectivity index (χ4v) is 3.22. The molecule has 2 heterocycles. The van der Waals surface area contributed by atoms with Gasteiger partial charge >= 0.3 is 5.97 Å². The van der Waals surface area contributed by atoms with Gasteiger partial charge in [-0.05, 0) is 32.8 Å². The Morgan fingerprint density at radius 1 is 1.36 bits per heavy atom. The number of carbonyl (C=O) groups is 1. The van der Waals surface area contributed by atoms with Gasteiger partial charge in [-0.3, -0.25) is 9.36 Å². The smallest absolute Gasteiger partial charge is 0.348 e. The normalized spacial score (nSPS) is 11.0. The Bertz CT molecular complexity index is 720. The highest BCUT2D eigenvalue weighted by atomic mass is 32.1. The monoisotopic (exact) mass is 324 g/mol. The molecule has 0 unspecified atom stereocenters. The van der Waals surface area contributed by atoms with Crippen molar-refractivity contribution >= 4 is 27.5 Å². The van der Waals surface area contributed by atoms with Crippen molar-refractivity contribution < 1.29 is 14.3 Å². The van der Waals surface area contributed by atoms with E-state index >= 15 is 0 Å². The summed E-state index contributed by atoms with van der Waals surface area (Å²) in [7, 11) is 0. The summed E-state index contributed by atoms with van der Waals surface area (Å²) in [6.45, 7) is 7.58. The van der Waals surface area contributed by atoms with E-state index in [1.807, 2.05) is 6.92 Å². The minimum absolute atomic E-state index is 0.120. The molecule has 0 atom stereocenters. The number of hydrogen-bond acceptors (Lipinski definition) is 6. The van der Waals surface area contributed by atoms with E-state index in [4.69, 9.17) is 9.47 Å². The molecule has 0 N–H and O–H groups in total. The molecule has 0 spiro atoms. The van der Waals surface area contributed by atoms with Gasteiger partial charge in [-0.2, -0.15) is 0 Å². The highest BCUT2D eigenvalue weighted by molar-refractivity contribution is 7.20. The lowest BCUT2D eigenvalue weighted by Crippen LogP contribution is -2.21. The third-order valence-electron chi connectivity index (χ3n) is 3.27. The summed E-state index contributed by atoms with van der Waals surface area (Å²) in [5.74, 6) is -0.398. The number of rotatable bonds is 7. The van der Waals surface area contributed by atoms with Crippen LogP contribution in [0.15, 0.2) is 11.1 Å². The Morgan fingerprint density at radius 3 is 2.82 bits per heavy atom. The van der Waals surface area contributed by atoms with Crippen LogP contribution in [0.3, 0.4) is 0 Å². The first kappa shape index (κ1) is 16.6. The van der Waals surface area contributed by atoms with E-state index in [1.165, 1.54) is 17.7 Å². The summed E-state index contributed by atoms with van der Waals surface area (Å²) >= 11 is 1.20. The molecule has 120 valence electrons. The number of hydrogen-bond donors (Lipinski definition) is 0. The maximum absolute atomic E-state index is 12.5. The van der Waals surface area contributed by atoms with E-state index in [2.05, 4.69) is 4.98 Å². The van der Waals surface area contributed by atoms with E-state index < -0.39 is 5.97 Å². The lowest BCUT2D eigenvalue weighted by atomic mass is 10.2. The molecule has 0 aromatic carbocycles. The second-order valence-electron chi connectivity index (χ2n) is 4.75. The molecular weight excluding hydrogens is 304 g/mol. The lowest BCUT2D eigenvalue weighted by Gasteiger charge is -2.05. The molecule has 0 bridgehead atoms. The third kappa shape index (κ3) is 3.36. The van der Waals surface area contributed by atoms with Gasteiger partial charge in [-0.15, -0.1) is 11.3 Å². The van der Waals surface area contributed by atoms with Gasteiger partial charge in [0.15, 0.2) is 0 Å². The zero-order chi connectivity index (χ0) is 16.1. The number of fused-ring (bicyclic) bond motifs is 1. The van der Waals surface area contributed by atoms with Crippen molar-refractivity contribution in [2.45, 2.75) is 33.7 Å². The summed E-state index contributed by atoms with van der Waals surface area (Å²) in [4.78, 5) is 29.8. The van der Waals surface area contributed by atoms with E-state index in [0.29, 0.717) is 47.0 Å². The highest BCUT2D eigenvalue weighted by Gasteiger charge is 2.20. The number of aryl methyl sites for hydroxylation is 2. The van der Waals surface area contributed by atoms with E-state index in [0.717, 1.165) is 6.42 Å². The summed E-state index contributed by atoms with van der Waals surface area (Å²) in [5, 5.41) is 0.506. The Kier molecular flexibility index (Phi) is 5.68. The van der Waals surface area contributed by atoms with Gasteiger partial charge in [-0.1, -0.05) is 0 Å². The van der Waals surface area contributed by atoms with E-state index in [9.17, 15) is 9.59 Å². The Hall–Kier alpha value is -1.73. The van der Waals surface area contributed by atoms with Gasteiger partial charge in [0, 0.05) is 19.8 Å². The highest BCUT2D eigenvalue weighted by Crippen LogP contribution is 2.27. The molecule has 22 heavy (non-hydrogen) atoms. The second-order valence-corrected chi connectivity index (χ2v) is 5.75. The van der Waals surface area contributed by atoms with Crippen molar-refractivity contribution in [3.63, 3.8) is 0 Å². The summed E-state index contributed by atoms with van der Waals surface area (Å²) in [6.07, 6.45) is 2.27. The molecule has 7 heteroatoms. The first-order valence-corrected chi connectivity index (χ1v) is 8.15. The molecule has 2 aromatic heterocycles. The van der Waals surface area contributed by atoms with Gasteiger partial charge in [0.1, 0.15) is 9.71 Å². The quantitative estimate of drug-likeness (QED) is 0.577. The average Bonchev–Trinajstić information content (AvgIpc) is 2.84. The standard InChI is InChI=1S/C15H20N2O4S/c1-4-20-8-6-7-17-9-16-13-11(14(17)18)10(3)12(22-13)15(19)21-5-2/h9H,4-8H2,1-3H3. The Labute approximate surface area is 132 Å². The maximum Gasteiger partial charge on any atom is 0.348 e. The largest absolute Gasteiger partial charge is 0.462 e. The van der Waals surface area contributed by atoms with Crippen molar-refractivity contribution in [1.29, 1.82) is 0 Å². The SMILES string of the molecule is CCOCCCn1cnc2sc(C(=O)OCC)c(C)c2c1=O. The van der Waals surface area contributed by atoms with Crippen molar-refractivity contribution in [2.24, 2.45) is 0 Å². The van der Waals surface area contributed by atoms with Crippen LogP contribution in [0.4, 0.5) is 0 Å². The lowest BCUT2D eigenvalue weighted by molar-refractivity contribution is 0.0531. The molecule has 0 saturated carbocycles. The van der Waals surface area contributed by atoms with E-state index in [-0.39, 0.29) is 5.56 Å². The van der Waals surface area contributed by atoms with E-state index in [1.54, 1.807) is 18.4 Å². The Balaban J connectivity index is 2.32. The Morgan fingerprint density at radius 2 is 2.14 bits per heavy atom. The number of esters is 1. The van der Waals surface area contributed by atoms with Crippen molar-refractivity contribution in [1.82, 2.24) is 9.55 Å². The summed E-state index contributed by atoms with van der Waals surface area (Å²) < 4.78 is 11.9. The van der Waals surface area contributed by atoms with Crippen molar-refractivity contribution in [2.75, 3.05) is 19.8 Å². The first-order valence-electron chi connectivity index (χ1n) is 7.33. The van der Waals surface area contributed by atoms with Crippen LogP contribution in [0, 0.1) is 6.92 Å². The predicted molar refractivity (Wildman–Crippen MR) is 85.7 cm³/mol. The van der Waals surface area contributed by atoms with Crippen LogP contribution in [0.25, 0.3) is 10.2 Å². The van der Waals surface area contributed by atoms with Crippen molar-refractivity contribution in [3.05, 3.63) is 27.1 Å². The molecule has 0 saturated heterocycles. The van der Waals surface area contributed by atoms with Gasteiger partial charge in [-0.25, -0.2) is 9.78 Å². The van der Waals surface area contributed by atoms with Crippen LogP contribution >= 0.6 is 11.3 Å². The van der Waals surface area contributed by atoms with Gasteiger partial charge < -0.3 is 9.47 Å². The second kappa shape index (κ2) is 7.51. The fourth-order valence-electron chi connectivity index (χ4n) is 2.19. The number of ether oxygens (including phenoxy) is 2. The predicted octanol–water partition coefficient (Wildman–Crippen LogP) is 2.37. The van der Waals surface area contributed by atoms with Gasteiger partial charge in [0.2, 0.25) is 0 Å². The van der Waals surface area contributed by atoms with Gasteiger partial charge in [0.25, 0.3) is 5.56 Å². The fraction of sp³-hybridized carbons (Fsp3) is 0.533. The van der Waals surface area contributed by atoms with Crippen LogP contribution in [-0.2, 0) is 16.0 Å². The molecule has 0 amide bonds. The molecule has 2 aromatic rings. The molecule has 0 aliphatic heterocycles. The zero-order valence-corrected chi connectivity index (χ0v) is 13.9. The topological polar surface area (TPSA) is 70.4 Å². The molecule has 6 nitrogen and oxygen atoms in total. The minimum atomic E-state index is -0.398. The molecule has 2 rings (SSSR count). The molecule has 0 aliphatic rings. The van der Waals surface area contributed by atoms with Crippen molar-refractivity contribution in [3.8, 4) is 0 Å². The van der Waals surface area contributed by atoms with Gasteiger partial charge in [0.05, 0.1) is 18.3 Å². The summed E-state index contributed by atoms with van der Waals surface area (Å²) in [5.41, 5.74) is 0.529. The van der Waals surface area contributed by atoms with Crippen LogP contribution in [0.5, 0.6) is 0 Å². The number of thiophene rings is 1. The first-order chi connectivity index (χ1) is 10.6. The molecule has 0 fully saturated rings. The molecular formula is C15H20N2O4S. The summed E-state index contributed by atoms with van der Waals surface area (Å²) in [6, 6.07) is 0. The molecule has 0 aliphatic carbocycles. The number of aromatic nitrogens is 2. The zero-order valence-electron chi connectivity index (χ0n) is 13.0. The van der Waals surface area contributed by atoms with Crippen LogP contribution in [-0.4, -0.2) is 35.3 Å². The minimum Gasteiger partial charge on any atom is -0.462 e. The van der Waals surface area contributed by atoms with Crippen LogP contribution in [0.1, 0.15) is 35.5 Å². The number of nitrogens with zero attached hydrogens (tertiary/aromatic N) is 2. The van der Waals surface area contributed by atoms with Crippen LogP contribution < -0.4 is 5.56 Å². The maximum atomic E-state index is 12.5.